The highest BCUT2D eigenvalue weighted by Gasteiger charge is 2.19. The fraction of sp³-hybridized carbons (Fsp3) is 0.278. The third-order valence-corrected chi connectivity index (χ3v) is 4.67. The van der Waals surface area contributed by atoms with Crippen molar-refractivity contribution in [2.75, 3.05) is 5.32 Å². The number of pyridine rings is 1. The van der Waals surface area contributed by atoms with Gasteiger partial charge in [-0.25, -0.2) is 18.7 Å². The van der Waals surface area contributed by atoms with Crippen molar-refractivity contribution in [1.29, 1.82) is 0 Å². The Labute approximate surface area is 157 Å². The molecule has 0 bridgehead atoms. The Morgan fingerprint density at radius 3 is 2.62 bits per heavy atom. The van der Waals surface area contributed by atoms with Crippen LogP contribution in [0.1, 0.15) is 43.0 Å². The van der Waals surface area contributed by atoms with Gasteiger partial charge in [-0.2, -0.15) is 0 Å². The van der Waals surface area contributed by atoms with Crippen molar-refractivity contribution in [1.82, 2.24) is 15.0 Å². The smallest absolute Gasteiger partial charge is 0.263 e. The van der Waals surface area contributed by atoms with Gasteiger partial charge in [-0.1, -0.05) is 18.2 Å². The molecule has 0 aliphatic heterocycles. The number of H-pyrrole nitrogens is 1. The van der Waals surface area contributed by atoms with Gasteiger partial charge in [0.05, 0.1) is 15.9 Å². The fourth-order valence-electron chi connectivity index (χ4n) is 2.78. The van der Waals surface area contributed by atoms with Gasteiger partial charge in [0, 0.05) is 11.1 Å². The van der Waals surface area contributed by atoms with Crippen molar-refractivity contribution in [3.8, 4) is 0 Å². The molecule has 0 saturated heterocycles. The van der Waals surface area contributed by atoms with E-state index in [1.165, 1.54) is 13.0 Å². The van der Waals surface area contributed by atoms with E-state index in [9.17, 15) is 13.6 Å². The molecule has 1 aromatic carbocycles. The Bertz CT molecular complexity index is 1040. The minimum absolute atomic E-state index is 0.0203. The average molecular weight is 423 g/mol. The summed E-state index contributed by atoms with van der Waals surface area (Å²) in [6.45, 7) is 4.76. The highest BCUT2D eigenvalue weighted by molar-refractivity contribution is 9.10. The first-order valence-corrected chi connectivity index (χ1v) is 8.83. The first-order valence-electron chi connectivity index (χ1n) is 8.04. The number of hydrogen-bond acceptors (Lipinski definition) is 4. The summed E-state index contributed by atoms with van der Waals surface area (Å²) in [5, 5.41) is 3.73. The average Bonchev–Trinajstić information content (AvgIpc) is 2.56. The lowest BCUT2D eigenvalue weighted by Crippen LogP contribution is -2.14. The molecule has 2 heterocycles. The number of alkyl halides is 1. The molecule has 2 atom stereocenters. The van der Waals surface area contributed by atoms with E-state index in [4.69, 9.17) is 0 Å². The fourth-order valence-corrected chi connectivity index (χ4v) is 3.10. The molecule has 136 valence electrons. The molecule has 0 amide bonds. The summed E-state index contributed by atoms with van der Waals surface area (Å²) in [7, 11) is 0. The second kappa shape index (κ2) is 7.11. The maximum Gasteiger partial charge on any atom is 0.263 e. The molecule has 8 heteroatoms. The molecule has 0 radical (unpaired) electrons. The lowest BCUT2D eigenvalue weighted by molar-refractivity contribution is 0.360. The lowest BCUT2D eigenvalue weighted by atomic mass is 10.0. The van der Waals surface area contributed by atoms with Crippen LogP contribution in [0.25, 0.3) is 11.0 Å². The molecule has 2 aromatic heterocycles. The van der Waals surface area contributed by atoms with Crippen LogP contribution in [0, 0.1) is 12.7 Å². The van der Waals surface area contributed by atoms with Gasteiger partial charge in [0.2, 0.25) is 0 Å². The van der Waals surface area contributed by atoms with Gasteiger partial charge < -0.3 is 10.3 Å². The first kappa shape index (κ1) is 18.4. The summed E-state index contributed by atoms with van der Waals surface area (Å²) in [6.07, 6.45) is -1.40. The maximum atomic E-state index is 14.6. The van der Waals surface area contributed by atoms with Crippen LogP contribution in [-0.2, 0) is 0 Å². The molecule has 0 fully saturated rings. The predicted octanol–water partition coefficient (Wildman–Crippen LogP) is 4.73. The first-order chi connectivity index (χ1) is 12.3. The van der Waals surface area contributed by atoms with Gasteiger partial charge in [-0.15, -0.1) is 0 Å². The molecular formula is C18H17BrF2N4O. The molecular weight excluding hydrogens is 406 g/mol. The Morgan fingerprint density at radius 1 is 1.23 bits per heavy atom. The second-order valence-electron chi connectivity index (χ2n) is 6.06. The maximum absolute atomic E-state index is 14.6. The van der Waals surface area contributed by atoms with Gasteiger partial charge in [-0.05, 0) is 42.8 Å². The zero-order valence-corrected chi connectivity index (χ0v) is 16.0. The third kappa shape index (κ3) is 3.46. The number of rotatable bonds is 4. The number of nitrogens with zero attached hydrogens (tertiary/aromatic N) is 2. The number of aromatic nitrogens is 3. The highest BCUT2D eigenvalue weighted by atomic mass is 79.9. The lowest BCUT2D eigenvalue weighted by Gasteiger charge is -2.19. The molecule has 0 aliphatic rings. The van der Waals surface area contributed by atoms with Gasteiger partial charge in [0.15, 0.2) is 0 Å². The minimum atomic E-state index is -1.40. The van der Waals surface area contributed by atoms with Crippen LogP contribution in [-0.4, -0.2) is 15.0 Å². The predicted molar refractivity (Wildman–Crippen MR) is 101 cm³/mol. The SMILES string of the molecule is Cc1nc(N[C@H](C)c2cccc(C(C)F)c2F)c2cc(Br)c(=O)[nH]c2n1. The largest absolute Gasteiger partial charge is 0.363 e. The quantitative estimate of drug-likeness (QED) is 0.637. The Hall–Kier alpha value is -2.35. The van der Waals surface area contributed by atoms with Gasteiger partial charge in [0.25, 0.3) is 5.56 Å². The Morgan fingerprint density at radius 2 is 1.92 bits per heavy atom. The van der Waals surface area contributed by atoms with Crippen molar-refractivity contribution in [3.05, 3.63) is 61.9 Å². The van der Waals surface area contributed by atoms with Crippen LogP contribution in [0.15, 0.2) is 33.5 Å². The minimum Gasteiger partial charge on any atom is -0.363 e. The van der Waals surface area contributed by atoms with Crippen molar-refractivity contribution in [2.45, 2.75) is 33.0 Å². The number of aryl methyl sites for hydroxylation is 1. The molecule has 1 unspecified atom stereocenters. The van der Waals surface area contributed by atoms with E-state index in [-0.39, 0.29) is 11.1 Å². The molecule has 0 saturated carbocycles. The number of fused-ring (bicyclic) bond motifs is 1. The van der Waals surface area contributed by atoms with Crippen LogP contribution in [0.5, 0.6) is 0 Å². The number of nitrogens with one attached hydrogen (secondary N) is 2. The second-order valence-corrected chi connectivity index (χ2v) is 6.91. The van der Waals surface area contributed by atoms with Crippen molar-refractivity contribution < 1.29 is 8.78 Å². The summed E-state index contributed by atoms with van der Waals surface area (Å²) in [5.74, 6) is 0.332. The van der Waals surface area contributed by atoms with E-state index in [1.807, 2.05) is 0 Å². The van der Waals surface area contributed by atoms with Gasteiger partial charge in [-0.3, -0.25) is 4.79 Å². The van der Waals surface area contributed by atoms with Crippen LogP contribution in [0.4, 0.5) is 14.6 Å². The van der Waals surface area contributed by atoms with E-state index < -0.39 is 18.0 Å². The van der Waals surface area contributed by atoms with Crippen molar-refractivity contribution in [3.63, 3.8) is 0 Å². The monoisotopic (exact) mass is 422 g/mol. The van der Waals surface area contributed by atoms with Gasteiger partial charge in [0.1, 0.15) is 29.3 Å². The summed E-state index contributed by atoms with van der Waals surface area (Å²) >= 11 is 3.19. The number of hydrogen-bond donors (Lipinski definition) is 2. The molecule has 2 N–H and O–H groups in total. The molecule has 26 heavy (non-hydrogen) atoms. The number of benzene rings is 1. The van der Waals surface area contributed by atoms with E-state index in [2.05, 4.69) is 36.2 Å². The topological polar surface area (TPSA) is 70.7 Å². The normalized spacial score (nSPS) is 13.6. The standard InChI is InChI=1S/C18H17BrF2N4O/c1-8(20)11-5-4-6-12(15(11)21)9(2)22-16-13-7-14(19)18(26)25-17(13)24-10(3)23-16/h4-9H,1-3H3,(H2,22,23,24,25,26)/t8?,9-/m1/s1. The molecule has 0 aliphatic carbocycles. The van der Waals surface area contributed by atoms with E-state index >= 15 is 0 Å². The number of anilines is 1. The highest BCUT2D eigenvalue weighted by Crippen LogP contribution is 2.29. The summed E-state index contributed by atoms with van der Waals surface area (Å²) in [4.78, 5) is 23.0. The summed E-state index contributed by atoms with van der Waals surface area (Å²) < 4.78 is 28.5. The Balaban J connectivity index is 2.05. The number of aromatic amines is 1. The van der Waals surface area contributed by atoms with E-state index in [1.54, 1.807) is 32.0 Å². The molecule has 3 aromatic rings. The van der Waals surface area contributed by atoms with E-state index in [0.717, 1.165) is 0 Å². The zero-order chi connectivity index (χ0) is 19.0. The molecule has 0 spiro atoms. The van der Waals surface area contributed by atoms with Gasteiger partial charge >= 0.3 is 0 Å². The Kier molecular flexibility index (Phi) is 5.04. The van der Waals surface area contributed by atoms with E-state index in [0.29, 0.717) is 32.7 Å². The van der Waals surface area contributed by atoms with Crippen LogP contribution >= 0.6 is 15.9 Å². The van der Waals surface area contributed by atoms with Crippen molar-refractivity contribution in [2.24, 2.45) is 0 Å². The van der Waals surface area contributed by atoms with Crippen LogP contribution in [0.3, 0.4) is 0 Å². The molecule has 3 rings (SSSR count). The van der Waals surface area contributed by atoms with Crippen LogP contribution < -0.4 is 10.9 Å². The number of halogens is 3. The zero-order valence-electron chi connectivity index (χ0n) is 14.4. The van der Waals surface area contributed by atoms with Crippen LogP contribution in [0.2, 0.25) is 0 Å². The molecule has 5 nitrogen and oxygen atoms in total. The third-order valence-electron chi connectivity index (χ3n) is 4.08. The summed E-state index contributed by atoms with van der Waals surface area (Å²) in [5.41, 5.74) is 0.434. The summed E-state index contributed by atoms with van der Waals surface area (Å²) in [6, 6.07) is 5.80. The van der Waals surface area contributed by atoms with Crippen molar-refractivity contribution >= 4 is 32.8 Å².